The molecule has 0 aliphatic rings. The largest absolute Gasteiger partial charge is 0.463 e. The number of hydrogen-bond acceptors (Lipinski definition) is 1. The van der Waals surface area contributed by atoms with Gasteiger partial charge in [0.15, 0.2) is 0 Å². The van der Waals surface area contributed by atoms with Crippen molar-refractivity contribution in [3.05, 3.63) is 5.32 Å². The summed E-state index contributed by atoms with van der Waals surface area (Å²) in [5.41, 5.74) is -0.389. The van der Waals surface area contributed by atoms with Crippen molar-refractivity contribution in [1.82, 2.24) is 0 Å². The number of hydrogen-bond donors (Lipinski definition) is 0. The Morgan fingerprint density at radius 3 is 1.94 bits per heavy atom. The number of nitrogens with zero attached hydrogens (tertiary/aromatic N) is 2. The maximum absolute atomic E-state index is 12.2. The van der Waals surface area contributed by atoms with E-state index in [9.17, 15) is 13.2 Å². The smallest absolute Gasteiger partial charge is 0.390 e. The van der Waals surface area contributed by atoms with Gasteiger partial charge in [0.1, 0.15) is 0 Å². The van der Waals surface area contributed by atoms with E-state index in [2.05, 4.69) is 10.3 Å². The normalized spacial score (nSPS) is 15.4. The fourth-order valence-electron chi connectivity index (χ4n) is 0.883. The fraction of sp³-hybridized carbons (Fsp3) is 0.900. The standard InChI is InChI=1S/C10H18F3N2.Co/c1-6-8(15-9(3,4)5)14-7(2)10(11,12)13;/h7H,6H2,1-5H3;/q-1;. The Morgan fingerprint density at radius 1 is 1.25 bits per heavy atom. The third-order valence-electron chi connectivity index (χ3n) is 1.60. The summed E-state index contributed by atoms with van der Waals surface area (Å²) in [6, 6.07) is -1.68. The second kappa shape index (κ2) is 6.49. The first-order chi connectivity index (χ1) is 6.56. The molecule has 0 aliphatic heterocycles. The minimum absolute atomic E-state index is 0. The third kappa shape index (κ3) is 7.98. The molecule has 0 bridgehead atoms. The van der Waals surface area contributed by atoms with Crippen LogP contribution < -0.4 is 0 Å². The van der Waals surface area contributed by atoms with Gasteiger partial charge >= 0.3 is 6.18 Å². The van der Waals surface area contributed by atoms with Crippen LogP contribution in [0.5, 0.6) is 0 Å². The van der Waals surface area contributed by atoms with Crippen molar-refractivity contribution in [3.63, 3.8) is 0 Å². The molecule has 1 unspecified atom stereocenters. The molecule has 1 radical (unpaired) electrons. The predicted octanol–water partition coefficient (Wildman–Crippen LogP) is 3.92. The number of alkyl halides is 3. The summed E-state index contributed by atoms with van der Waals surface area (Å²) in [6.07, 6.45) is -3.87. The molecule has 0 N–H and O–H groups in total. The molecule has 6 heteroatoms. The average Bonchev–Trinajstić information content (AvgIpc) is 1.98. The molecule has 1 atom stereocenters. The van der Waals surface area contributed by atoms with E-state index in [4.69, 9.17) is 0 Å². The molecule has 0 spiro atoms. The first kappa shape index (κ1) is 18.1. The number of amidine groups is 1. The van der Waals surface area contributed by atoms with Crippen LogP contribution in [0.4, 0.5) is 13.2 Å². The summed E-state index contributed by atoms with van der Waals surface area (Å²) in [5, 5.41) is 3.58. The first-order valence-corrected chi connectivity index (χ1v) is 4.92. The van der Waals surface area contributed by atoms with E-state index in [1.165, 1.54) is 0 Å². The summed E-state index contributed by atoms with van der Waals surface area (Å²) >= 11 is 0. The molecule has 0 rings (SSSR count). The molecule has 0 saturated carbocycles. The predicted molar refractivity (Wildman–Crippen MR) is 56.4 cm³/mol. The zero-order valence-electron chi connectivity index (χ0n) is 10.1. The fourth-order valence-corrected chi connectivity index (χ4v) is 0.883. The van der Waals surface area contributed by atoms with Crippen LogP contribution in [-0.4, -0.2) is 23.6 Å². The van der Waals surface area contributed by atoms with Gasteiger partial charge in [-0.05, 0) is 12.0 Å². The number of aliphatic imine (C=N–C) groups is 1. The van der Waals surface area contributed by atoms with E-state index in [0.29, 0.717) is 6.42 Å². The van der Waals surface area contributed by atoms with Crippen LogP contribution >= 0.6 is 0 Å². The quantitative estimate of drug-likeness (QED) is 0.542. The van der Waals surface area contributed by atoms with Crippen LogP contribution in [0.25, 0.3) is 5.32 Å². The summed E-state index contributed by atoms with van der Waals surface area (Å²) in [7, 11) is 0. The van der Waals surface area contributed by atoms with E-state index >= 15 is 0 Å². The van der Waals surface area contributed by atoms with E-state index in [-0.39, 0.29) is 28.2 Å². The minimum atomic E-state index is -4.28. The number of halogens is 3. The van der Waals surface area contributed by atoms with Gasteiger partial charge in [0.2, 0.25) is 0 Å². The van der Waals surface area contributed by atoms with Gasteiger partial charge in [0, 0.05) is 16.8 Å². The van der Waals surface area contributed by atoms with Gasteiger partial charge in [0.05, 0.1) is 6.04 Å². The Bertz CT molecular complexity index is 231. The molecule has 99 valence electrons. The van der Waals surface area contributed by atoms with Crippen LogP contribution in [0.1, 0.15) is 41.0 Å². The van der Waals surface area contributed by atoms with Crippen molar-refractivity contribution in [1.29, 1.82) is 0 Å². The van der Waals surface area contributed by atoms with E-state index in [0.717, 1.165) is 6.92 Å². The van der Waals surface area contributed by atoms with Crippen LogP contribution in [0.15, 0.2) is 4.99 Å². The first-order valence-electron chi connectivity index (χ1n) is 4.92. The van der Waals surface area contributed by atoms with Gasteiger partial charge < -0.3 is 10.3 Å². The monoisotopic (exact) mass is 282 g/mol. The van der Waals surface area contributed by atoms with Crippen molar-refractivity contribution in [2.75, 3.05) is 0 Å². The van der Waals surface area contributed by atoms with Gasteiger partial charge in [0.25, 0.3) is 0 Å². The Kier molecular flexibility index (Phi) is 7.36. The molecule has 16 heavy (non-hydrogen) atoms. The SMILES string of the molecule is CCC(=NC(C)(C)C)[N-]C(C)C(F)(F)F.[Co]. The molecule has 0 fully saturated rings. The molecule has 0 heterocycles. The Labute approximate surface area is 105 Å². The Morgan fingerprint density at radius 2 is 1.69 bits per heavy atom. The molecule has 0 aromatic heterocycles. The van der Waals surface area contributed by atoms with Crippen LogP contribution in [0.3, 0.4) is 0 Å². The maximum Gasteiger partial charge on any atom is 0.390 e. The van der Waals surface area contributed by atoms with E-state index in [1.807, 2.05) is 20.8 Å². The van der Waals surface area contributed by atoms with Crippen LogP contribution in [0.2, 0.25) is 0 Å². The topological polar surface area (TPSA) is 26.5 Å². The van der Waals surface area contributed by atoms with Gasteiger partial charge in [-0.3, -0.25) is 0 Å². The molecule has 0 aromatic rings. The molecule has 2 nitrogen and oxygen atoms in total. The molecule has 0 aromatic carbocycles. The second-order valence-corrected chi connectivity index (χ2v) is 4.40. The molecule has 0 aliphatic carbocycles. The molecular weight excluding hydrogens is 264 g/mol. The van der Waals surface area contributed by atoms with Crippen molar-refractivity contribution in [2.24, 2.45) is 4.99 Å². The third-order valence-corrected chi connectivity index (χ3v) is 1.60. The zero-order chi connectivity index (χ0) is 12.3. The summed E-state index contributed by atoms with van der Waals surface area (Å²) in [5.74, 6) is 0.271. The second-order valence-electron chi connectivity index (χ2n) is 4.40. The van der Waals surface area contributed by atoms with Crippen LogP contribution in [0, 0.1) is 0 Å². The molecule has 0 amide bonds. The minimum Gasteiger partial charge on any atom is -0.463 e. The summed E-state index contributed by atoms with van der Waals surface area (Å²) < 4.78 is 36.7. The molecular formula is C10H18CoF3N2-. The average molecular weight is 282 g/mol. The maximum atomic E-state index is 12.2. The van der Waals surface area contributed by atoms with Crippen LogP contribution in [-0.2, 0) is 16.8 Å². The zero-order valence-corrected chi connectivity index (χ0v) is 11.2. The van der Waals surface area contributed by atoms with E-state index < -0.39 is 12.2 Å². The van der Waals surface area contributed by atoms with Gasteiger partial charge in [-0.2, -0.15) is 13.2 Å². The summed E-state index contributed by atoms with van der Waals surface area (Å²) in [6.45, 7) is 8.27. The van der Waals surface area contributed by atoms with Crippen molar-refractivity contribution < 1.29 is 30.0 Å². The van der Waals surface area contributed by atoms with Crippen molar-refractivity contribution >= 4 is 5.84 Å². The van der Waals surface area contributed by atoms with E-state index in [1.54, 1.807) is 6.92 Å². The number of rotatable bonds is 2. The molecule has 0 saturated heterocycles. The van der Waals surface area contributed by atoms with Crippen molar-refractivity contribution in [3.8, 4) is 0 Å². The van der Waals surface area contributed by atoms with Gasteiger partial charge in [-0.15, -0.1) is 0 Å². The van der Waals surface area contributed by atoms with Gasteiger partial charge in [-0.1, -0.05) is 40.5 Å². The Hall–Kier alpha value is -0.234. The van der Waals surface area contributed by atoms with Crippen molar-refractivity contribution in [2.45, 2.75) is 58.8 Å². The summed E-state index contributed by atoms with van der Waals surface area (Å²) in [4.78, 5) is 4.13. The Balaban J connectivity index is 0. The van der Waals surface area contributed by atoms with Gasteiger partial charge in [-0.25, -0.2) is 0 Å².